The number of carbonyl (C=O) groups excluding carboxylic acids is 1. The van der Waals surface area contributed by atoms with Gasteiger partial charge in [0.25, 0.3) is 0 Å². The van der Waals surface area contributed by atoms with E-state index in [1.54, 1.807) is 0 Å². The van der Waals surface area contributed by atoms with Crippen molar-refractivity contribution in [2.45, 2.75) is 31.9 Å². The molecule has 1 amide bonds. The van der Waals surface area contributed by atoms with E-state index in [2.05, 4.69) is 31.4 Å². The molecular weight excluding hydrogens is 232 g/mol. The number of hydrogen-bond donors (Lipinski definition) is 1. The molecule has 2 rings (SSSR count). The van der Waals surface area contributed by atoms with Crippen molar-refractivity contribution in [3.8, 4) is 0 Å². The summed E-state index contributed by atoms with van der Waals surface area (Å²) >= 11 is 4.41. The van der Waals surface area contributed by atoms with Crippen LogP contribution in [0.3, 0.4) is 0 Å². The van der Waals surface area contributed by atoms with Gasteiger partial charge < -0.3 is 4.90 Å². The molecule has 2 aliphatic rings. The van der Waals surface area contributed by atoms with Crippen LogP contribution in [0.1, 0.15) is 26.7 Å². The molecule has 1 atom stereocenters. The summed E-state index contributed by atoms with van der Waals surface area (Å²) in [5.41, 5.74) is 0. The van der Waals surface area contributed by atoms with E-state index in [0.717, 1.165) is 32.1 Å². The van der Waals surface area contributed by atoms with E-state index in [1.807, 2.05) is 4.90 Å². The predicted octanol–water partition coefficient (Wildman–Crippen LogP) is 1.50. The smallest absolute Gasteiger partial charge is 0.235 e. The fourth-order valence-electron chi connectivity index (χ4n) is 2.29. The van der Waals surface area contributed by atoms with E-state index < -0.39 is 0 Å². The van der Waals surface area contributed by atoms with Crippen LogP contribution in [-0.2, 0) is 4.79 Å². The Labute approximate surface area is 110 Å². The third-order valence-corrected chi connectivity index (χ3v) is 4.60. The van der Waals surface area contributed by atoms with E-state index in [0.29, 0.717) is 5.92 Å². The molecule has 0 aromatic carbocycles. The quantitative estimate of drug-likeness (QED) is 0.771. The molecule has 1 aliphatic carbocycles. The summed E-state index contributed by atoms with van der Waals surface area (Å²) in [4.78, 5) is 16.6. The van der Waals surface area contributed by atoms with E-state index in [4.69, 9.17) is 0 Å². The first kappa shape index (κ1) is 13.2. The summed E-state index contributed by atoms with van der Waals surface area (Å²) in [6.45, 7) is 9.21. The van der Waals surface area contributed by atoms with Crippen molar-refractivity contribution in [3.05, 3.63) is 0 Å². The standard InChI is InChI=1S/C13H24N2OS/c1-10(2)12(17)13(16)15-7-5-14(6-8-15)9-11-3-4-11/h10-12,17H,3-9H2,1-2H3. The number of hydrogen-bond acceptors (Lipinski definition) is 3. The van der Waals surface area contributed by atoms with E-state index in [1.165, 1.54) is 19.4 Å². The van der Waals surface area contributed by atoms with Gasteiger partial charge in [0.15, 0.2) is 0 Å². The van der Waals surface area contributed by atoms with Gasteiger partial charge in [-0.1, -0.05) is 13.8 Å². The molecule has 17 heavy (non-hydrogen) atoms. The van der Waals surface area contributed by atoms with Crippen molar-refractivity contribution >= 4 is 18.5 Å². The number of carbonyl (C=O) groups is 1. The molecule has 1 saturated carbocycles. The summed E-state index contributed by atoms with van der Waals surface area (Å²) in [7, 11) is 0. The maximum absolute atomic E-state index is 12.1. The van der Waals surface area contributed by atoms with Gasteiger partial charge in [0.1, 0.15) is 0 Å². The highest BCUT2D eigenvalue weighted by Crippen LogP contribution is 2.30. The summed E-state index contributed by atoms with van der Waals surface area (Å²) in [6, 6.07) is 0. The van der Waals surface area contributed by atoms with Gasteiger partial charge in [0.2, 0.25) is 5.91 Å². The van der Waals surface area contributed by atoms with Gasteiger partial charge in [-0.05, 0) is 24.7 Å². The third-order valence-electron chi connectivity index (χ3n) is 3.78. The lowest BCUT2D eigenvalue weighted by Crippen LogP contribution is -2.51. The molecular formula is C13H24N2OS. The van der Waals surface area contributed by atoms with Crippen LogP contribution in [-0.4, -0.2) is 53.7 Å². The SMILES string of the molecule is CC(C)C(S)C(=O)N1CCN(CC2CC2)CC1. The summed E-state index contributed by atoms with van der Waals surface area (Å²) in [6.07, 6.45) is 2.82. The van der Waals surface area contributed by atoms with Crippen LogP contribution in [0.5, 0.6) is 0 Å². The lowest BCUT2D eigenvalue weighted by molar-refractivity contribution is -0.133. The van der Waals surface area contributed by atoms with Gasteiger partial charge in [-0.3, -0.25) is 9.69 Å². The van der Waals surface area contributed by atoms with Crippen LogP contribution in [0.2, 0.25) is 0 Å². The molecule has 0 radical (unpaired) electrons. The van der Waals surface area contributed by atoms with Crippen LogP contribution in [0.4, 0.5) is 0 Å². The molecule has 1 unspecified atom stereocenters. The molecule has 2 fully saturated rings. The second-order valence-electron chi connectivity index (χ2n) is 5.76. The van der Waals surface area contributed by atoms with Crippen LogP contribution in [0.15, 0.2) is 0 Å². The van der Waals surface area contributed by atoms with Crippen molar-refractivity contribution in [1.82, 2.24) is 9.80 Å². The zero-order chi connectivity index (χ0) is 12.4. The zero-order valence-corrected chi connectivity index (χ0v) is 11.8. The van der Waals surface area contributed by atoms with Crippen LogP contribution >= 0.6 is 12.6 Å². The maximum atomic E-state index is 12.1. The predicted molar refractivity (Wildman–Crippen MR) is 73.4 cm³/mol. The number of piperazine rings is 1. The van der Waals surface area contributed by atoms with Crippen LogP contribution in [0.25, 0.3) is 0 Å². The van der Waals surface area contributed by atoms with Crippen LogP contribution in [0, 0.1) is 11.8 Å². The minimum Gasteiger partial charge on any atom is -0.339 e. The lowest BCUT2D eigenvalue weighted by Gasteiger charge is -2.36. The van der Waals surface area contributed by atoms with Gasteiger partial charge in [-0.15, -0.1) is 0 Å². The zero-order valence-electron chi connectivity index (χ0n) is 10.9. The fourth-order valence-corrected chi connectivity index (χ4v) is 2.45. The fraction of sp³-hybridized carbons (Fsp3) is 0.923. The molecule has 0 aromatic rings. The molecule has 1 heterocycles. The van der Waals surface area contributed by atoms with Crippen molar-refractivity contribution in [2.24, 2.45) is 11.8 Å². The normalized spacial score (nSPS) is 24.1. The van der Waals surface area contributed by atoms with Crippen molar-refractivity contribution < 1.29 is 4.79 Å². The second kappa shape index (κ2) is 5.61. The minimum atomic E-state index is -0.134. The summed E-state index contributed by atoms with van der Waals surface area (Å²) in [5, 5.41) is -0.134. The molecule has 3 nitrogen and oxygen atoms in total. The highest BCUT2D eigenvalue weighted by atomic mass is 32.1. The van der Waals surface area contributed by atoms with Gasteiger partial charge >= 0.3 is 0 Å². The van der Waals surface area contributed by atoms with E-state index >= 15 is 0 Å². The average molecular weight is 256 g/mol. The highest BCUT2D eigenvalue weighted by molar-refractivity contribution is 7.81. The molecule has 0 spiro atoms. The van der Waals surface area contributed by atoms with Crippen molar-refractivity contribution in [3.63, 3.8) is 0 Å². The topological polar surface area (TPSA) is 23.6 Å². The molecule has 1 saturated heterocycles. The van der Waals surface area contributed by atoms with Crippen molar-refractivity contribution in [2.75, 3.05) is 32.7 Å². The Morgan fingerprint density at radius 1 is 1.24 bits per heavy atom. The Hall–Kier alpha value is -0.220. The molecule has 4 heteroatoms. The lowest BCUT2D eigenvalue weighted by atomic mass is 10.1. The maximum Gasteiger partial charge on any atom is 0.235 e. The Morgan fingerprint density at radius 3 is 2.29 bits per heavy atom. The number of thiol groups is 1. The molecule has 0 N–H and O–H groups in total. The Morgan fingerprint density at radius 2 is 1.82 bits per heavy atom. The van der Waals surface area contributed by atoms with Gasteiger partial charge in [-0.25, -0.2) is 0 Å². The van der Waals surface area contributed by atoms with Crippen LogP contribution < -0.4 is 0 Å². The Bertz CT molecular complexity index is 271. The van der Waals surface area contributed by atoms with Gasteiger partial charge in [0.05, 0.1) is 5.25 Å². The number of rotatable bonds is 4. The third kappa shape index (κ3) is 3.62. The molecule has 98 valence electrons. The second-order valence-corrected chi connectivity index (χ2v) is 6.31. The summed E-state index contributed by atoms with van der Waals surface area (Å²) < 4.78 is 0. The first-order valence-electron chi connectivity index (χ1n) is 6.77. The highest BCUT2D eigenvalue weighted by Gasteiger charge is 2.29. The first-order valence-corrected chi connectivity index (χ1v) is 7.28. The summed E-state index contributed by atoms with van der Waals surface area (Å²) in [5.74, 6) is 1.48. The van der Waals surface area contributed by atoms with Gasteiger partial charge in [0, 0.05) is 32.7 Å². The number of amides is 1. The molecule has 1 aliphatic heterocycles. The Kier molecular flexibility index (Phi) is 4.36. The average Bonchev–Trinajstić information content (AvgIpc) is 3.12. The monoisotopic (exact) mass is 256 g/mol. The molecule has 0 bridgehead atoms. The minimum absolute atomic E-state index is 0.134. The Balaban J connectivity index is 1.75. The van der Waals surface area contributed by atoms with E-state index in [9.17, 15) is 4.79 Å². The van der Waals surface area contributed by atoms with Crippen molar-refractivity contribution in [1.29, 1.82) is 0 Å². The largest absolute Gasteiger partial charge is 0.339 e. The first-order chi connectivity index (χ1) is 8.08. The molecule has 0 aromatic heterocycles. The van der Waals surface area contributed by atoms with E-state index in [-0.39, 0.29) is 11.2 Å². The number of nitrogens with zero attached hydrogens (tertiary/aromatic N) is 2. The van der Waals surface area contributed by atoms with Gasteiger partial charge in [-0.2, -0.15) is 12.6 Å².